The summed E-state index contributed by atoms with van der Waals surface area (Å²) in [7, 11) is 0. The first kappa shape index (κ1) is 20.6. The lowest BCUT2D eigenvalue weighted by Gasteiger charge is -2.37. The van der Waals surface area contributed by atoms with Crippen LogP contribution in [0.3, 0.4) is 0 Å². The molecule has 1 aliphatic heterocycles. The van der Waals surface area contributed by atoms with E-state index in [1.807, 2.05) is 49.5 Å². The number of anilines is 1. The van der Waals surface area contributed by atoms with E-state index in [-0.39, 0.29) is 5.91 Å². The third kappa shape index (κ3) is 5.70. The molecule has 0 aliphatic carbocycles. The Morgan fingerprint density at radius 2 is 1.83 bits per heavy atom. The quantitative estimate of drug-likeness (QED) is 0.580. The zero-order valence-electron chi connectivity index (χ0n) is 17.3. The van der Waals surface area contributed by atoms with Crippen molar-refractivity contribution in [1.29, 1.82) is 0 Å². The van der Waals surface area contributed by atoms with E-state index in [0.717, 1.165) is 50.1 Å². The Labute approximate surface area is 172 Å². The molecule has 0 saturated carbocycles. The van der Waals surface area contributed by atoms with Gasteiger partial charge in [0.2, 0.25) is 0 Å². The highest BCUT2D eigenvalue weighted by atomic mass is 16.1. The van der Waals surface area contributed by atoms with Crippen LogP contribution in [0.4, 0.5) is 5.82 Å². The van der Waals surface area contributed by atoms with Crippen molar-refractivity contribution < 1.29 is 4.79 Å². The smallest absolute Gasteiger partial charge is 0.251 e. The van der Waals surface area contributed by atoms with Crippen LogP contribution in [-0.2, 0) is 6.54 Å². The van der Waals surface area contributed by atoms with Crippen molar-refractivity contribution in [2.75, 3.05) is 44.2 Å². The van der Waals surface area contributed by atoms with Crippen LogP contribution in [0.15, 0.2) is 53.7 Å². The van der Waals surface area contributed by atoms with Gasteiger partial charge in [0.05, 0.1) is 6.54 Å². The first-order valence-electron chi connectivity index (χ1n) is 10.3. The summed E-state index contributed by atoms with van der Waals surface area (Å²) >= 11 is 0. The number of hydrogen-bond acceptors (Lipinski definition) is 4. The Bertz CT molecular complexity index is 815. The van der Waals surface area contributed by atoms with E-state index >= 15 is 0 Å². The summed E-state index contributed by atoms with van der Waals surface area (Å²) in [6.07, 6.45) is 1.84. The largest absolute Gasteiger partial charge is 0.357 e. The molecule has 2 heterocycles. The number of benzene rings is 1. The molecule has 1 aliphatic rings. The fourth-order valence-corrected chi connectivity index (χ4v) is 3.35. The second-order valence-corrected chi connectivity index (χ2v) is 6.89. The van der Waals surface area contributed by atoms with Crippen molar-refractivity contribution in [3.8, 4) is 0 Å². The Morgan fingerprint density at radius 1 is 1.03 bits per heavy atom. The number of aliphatic imine (C=N–C) groups is 1. The fraction of sp³-hybridized carbons (Fsp3) is 0.409. The van der Waals surface area contributed by atoms with E-state index in [0.29, 0.717) is 18.7 Å². The van der Waals surface area contributed by atoms with Crippen molar-refractivity contribution in [3.63, 3.8) is 0 Å². The van der Waals surface area contributed by atoms with Gasteiger partial charge in [0.25, 0.3) is 5.91 Å². The van der Waals surface area contributed by atoms with Gasteiger partial charge in [-0.1, -0.05) is 18.2 Å². The van der Waals surface area contributed by atoms with Gasteiger partial charge in [-0.15, -0.1) is 0 Å². The van der Waals surface area contributed by atoms with Crippen LogP contribution < -0.4 is 15.5 Å². The molecule has 7 nitrogen and oxygen atoms in total. The number of carbonyl (C=O) groups is 1. The lowest BCUT2D eigenvalue weighted by Crippen LogP contribution is -2.52. The summed E-state index contributed by atoms with van der Waals surface area (Å²) in [6, 6.07) is 13.7. The van der Waals surface area contributed by atoms with E-state index in [1.165, 1.54) is 0 Å². The van der Waals surface area contributed by atoms with Crippen molar-refractivity contribution in [2.45, 2.75) is 20.4 Å². The number of piperazine rings is 1. The summed E-state index contributed by atoms with van der Waals surface area (Å²) in [5, 5.41) is 6.24. The monoisotopic (exact) mass is 394 g/mol. The standard InChI is InChI=1S/C22H30N6O/c1-3-23-21(29)19-9-7-8-18(16-19)17-26-22(24-4-2)28-14-12-27(13-15-28)20-10-5-6-11-25-20/h5-11,16H,3-4,12-15,17H2,1-2H3,(H,23,29)(H,24,26). The molecule has 154 valence electrons. The predicted octanol–water partition coefficient (Wildman–Crippen LogP) is 2.12. The van der Waals surface area contributed by atoms with Gasteiger partial charge in [-0.05, 0) is 43.7 Å². The number of carbonyl (C=O) groups excluding carboxylic acids is 1. The number of amides is 1. The van der Waals surface area contributed by atoms with Crippen LogP contribution in [0.5, 0.6) is 0 Å². The topological polar surface area (TPSA) is 72.9 Å². The Hall–Kier alpha value is -3.09. The maximum absolute atomic E-state index is 12.1. The minimum atomic E-state index is -0.0455. The molecule has 1 aromatic heterocycles. The molecule has 0 radical (unpaired) electrons. The summed E-state index contributed by atoms with van der Waals surface area (Å²) in [6.45, 7) is 9.58. The van der Waals surface area contributed by atoms with E-state index in [4.69, 9.17) is 4.99 Å². The maximum Gasteiger partial charge on any atom is 0.251 e. The van der Waals surface area contributed by atoms with Crippen LogP contribution in [-0.4, -0.2) is 61.0 Å². The molecule has 1 saturated heterocycles. The van der Waals surface area contributed by atoms with Gasteiger partial charge < -0.3 is 20.4 Å². The lowest BCUT2D eigenvalue weighted by atomic mass is 10.1. The van der Waals surface area contributed by atoms with Crippen LogP contribution in [0.1, 0.15) is 29.8 Å². The molecule has 1 fully saturated rings. The van der Waals surface area contributed by atoms with Crippen molar-refractivity contribution in [1.82, 2.24) is 20.5 Å². The second-order valence-electron chi connectivity index (χ2n) is 6.89. The molecule has 0 bridgehead atoms. The molecule has 0 atom stereocenters. The molecule has 2 aromatic rings. The molecule has 29 heavy (non-hydrogen) atoms. The number of pyridine rings is 1. The second kappa shape index (κ2) is 10.5. The zero-order valence-corrected chi connectivity index (χ0v) is 17.3. The highest BCUT2D eigenvalue weighted by Gasteiger charge is 2.20. The Morgan fingerprint density at radius 3 is 2.52 bits per heavy atom. The Kier molecular flexibility index (Phi) is 7.44. The number of nitrogens with one attached hydrogen (secondary N) is 2. The molecule has 1 amide bonds. The highest BCUT2D eigenvalue weighted by molar-refractivity contribution is 5.94. The number of hydrogen-bond donors (Lipinski definition) is 2. The molecule has 3 rings (SSSR count). The van der Waals surface area contributed by atoms with Crippen molar-refractivity contribution in [3.05, 3.63) is 59.8 Å². The van der Waals surface area contributed by atoms with Gasteiger partial charge in [0.15, 0.2) is 5.96 Å². The van der Waals surface area contributed by atoms with Gasteiger partial charge in [-0.3, -0.25) is 4.79 Å². The molecule has 0 spiro atoms. The minimum Gasteiger partial charge on any atom is -0.357 e. The summed E-state index contributed by atoms with van der Waals surface area (Å²) in [5.41, 5.74) is 1.70. The third-order valence-electron chi connectivity index (χ3n) is 4.83. The molecule has 1 aromatic carbocycles. The minimum absolute atomic E-state index is 0.0455. The highest BCUT2D eigenvalue weighted by Crippen LogP contribution is 2.13. The van der Waals surface area contributed by atoms with Gasteiger partial charge in [-0.25, -0.2) is 9.98 Å². The van der Waals surface area contributed by atoms with Crippen molar-refractivity contribution >= 4 is 17.7 Å². The van der Waals surface area contributed by atoms with E-state index in [9.17, 15) is 4.79 Å². The van der Waals surface area contributed by atoms with E-state index in [1.54, 1.807) is 0 Å². The number of nitrogens with zero attached hydrogens (tertiary/aromatic N) is 4. The molecular formula is C22H30N6O. The normalized spacial score (nSPS) is 14.6. The SMILES string of the molecule is CCNC(=O)c1cccc(CN=C(NCC)N2CCN(c3ccccn3)CC2)c1. The third-order valence-corrected chi connectivity index (χ3v) is 4.83. The first-order chi connectivity index (χ1) is 14.2. The maximum atomic E-state index is 12.1. The molecule has 7 heteroatoms. The average molecular weight is 395 g/mol. The zero-order chi connectivity index (χ0) is 20.5. The number of rotatable bonds is 6. The number of aromatic nitrogens is 1. The van der Waals surface area contributed by atoms with Crippen LogP contribution in [0.25, 0.3) is 0 Å². The van der Waals surface area contributed by atoms with Gasteiger partial charge in [0, 0.05) is 51.0 Å². The van der Waals surface area contributed by atoms with E-state index < -0.39 is 0 Å². The van der Waals surface area contributed by atoms with Crippen molar-refractivity contribution in [2.24, 2.45) is 4.99 Å². The van der Waals surface area contributed by atoms with Gasteiger partial charge in [-0.2, -0.15) is 0 Å². The predicted molar refractivity (Wildman–Crippen MR) is 117 cm³/mol. The molecular weight excluding hydrogens is 364 g/mol. The van der Waals surface area contributed by atoms with Gasteiger partial charge in [0.1, 0.15) is 5.82 Å². The van der Waals surface area contributed by atoms with Crippen LogP contribution in [0, 0.1) is 0 Å². The van der Waals surface area contributed by atoms with Crippen LogP contribution in [0.2, 0.25) is 0 Å². The lowest BCUT2D eigenvalue weighted by molar-refractivity contribution is 0.0955. The molecule has 0 unspecified atom stereocenters. The summed E-state index contributed by atoms with van der Waals surface area (Å²) in [5.74, 6) is 1.89. The summed E-state index contributed by atoms with van der Waals surface area (Å²) in [4.78, 5) is 25.9. The summed E-state index contributed by atoms with van der Waals surface area (Å²) < 4.78 is 0. The van der Waals surface area contributed by atoms with Gasteiger partial charge >= 0.3 is 0 Å². The van der Waals surface area contributed by atoms with Crippen LogP contribution >= 0.6 is 0 Å². The average Bonchev–Trinajstić information content (AvgIpc) is 2.78. The van der Waals surface area contributed by atoms with E-state index in [2.05, 4.69) is 38.4 Å². The number of guanidine groups is 1. The Balaban J connectivity index is 1.63. The molecule has 2 N–H and O–H groups in total. The fourth-order valence-electron chi connectivity index (χ4n) is 3.35. The first-order valence-corrected chi connectivity index (χ1v) is 10.3.